The van der Waals surface area contributed by atoms with Gasteiger partial charge in [-0.1, -0.05) is 25.5 Å². The average molecular weight is 495 g/mol. The molecular formula is C27H30N2O3S2. The Kier molecular flexibility index (Phi) is 6.60. The molecule has 2 aliphatic heterocycles. The first-order chi connectivity index (χ1) is 16.4. The fraction of sp³-hybridized carbons (Fsp3) is 0.370. The number of fused-ring (bicyclic) bond motifs is 2. The first-order valence-electron chi connectivity index (χ1n) is 12.0. The molecule has 3 heterocycles. The standard InChI is InChI=1S/C27H30N2O3S2/c1-2-34(31,32)23-8-5-6-20(16-23)27(30)28-21-10-12-26-24(17-21)25(18-33-26)19-9-11-22-7-3-4-14-29(22)15-13-19/h5-6,8,10,12-13,16-18,22H,2-4,7,9,11,14-15H2,1H3,(H,28,30). The van der Waals surface area contributed by atoms with Gasteiger partial charge in [-0.3, -0.25) is 9.69 Å². The summed E-state index contributed by atoms with van der Waals surface area (Å²) in [6, 6.07) is 13.0. The van der Waals surface area contributed by atoms with E-state index in [-0.39, 0.29) is 16.6 Å². The average Bonchev–Trinajstić information content (AvgIpc) is 3.15. The number of anilines is 1. The molecule has 0 spiro atoms. The lowest BCUT2D eigenvalue weighted by Gasteiger charge is -2.33. The number of sulfone groups is 1. The van der Waals surface area contributed by atoms with Gasteiger partial charge in [0.15, 0.2) is 9.84 Å². The Morgan fingerprint density at radius 3 is 2.88 bits per heavy atom. The highest BCUT2D eigenvalue weighted by atomic mass is 32.2. The molecular weight excluding hydrogens is 464 g/mol. The second kappa shape index (κ2) is 9.64. The fourth-order valence-electron chi connectivity index (χ4n) is 5.08. The van der Waals surface area contributed by atoms with Gasteiger partial charge in [-0.25, -0.2) is 8.42 Å². The summed E-state index contributed by atoms with van der Waals surface area (Å²) in [5.41, 5.74) is 3.73. The van der Waals surface area contributed by atoms with Crippen molar-refractivity contribution in [3.63, 3.8) is 0 Å². The van der Waals surface area contributed by atoms with E-state index in [4.69, 9.17) is 0 Å². The molecule has 7 heteroatoms. The van der Waals surface area contributed by atoms with Gasteiger partial charge in [0.25, 0.3) is 5.91 Å². The number of rotatable bonds is 5. The summed E-state index contributed by atoms with van der Waals surface area (Å²) in [6.45, 7) is 3.82. The van der Waals surface area contributed by atoms with Gasteiger partial charge < -0.3 is 5.32 Å². The highest BCUT2D eigenvalue weighted by molar-refractivity contribution is 7.91. The van der Waals surface area contributed by atoms with Gasteiger partial charge in [0.1, 0.15) is 0 Å². The maximum atomic E-state index is 12.9. The number of nitrogens with one attached hydrogen (secondary N) is 1. The zero-order valence-corrected chi connectivity index (χ0v) is 21.1. The summed E-state index contributed by atoms with van der Waals surface area (Å²) >= 11 is 1.74. The van der Waals surface area contributed by atoms with Gasteiger partial charge in [0.2, 0.25) is 0 Å². The predicted octanol–water partition coefficient (Wildman–Crippen LogP) is 5.98. The van der Waals surface area contributed by atoms with Crippen LogP contribution in [-0.2, 0) is 9.84 Å². The number of piperidine rings is 1. The van der Waals surface area contributed by atoms with Crippen molar-refractivity contribution in [2.45, 2.75) is 50.0 Å². The number of benzene rings is 2. The Balaban J connectivity index is 1.39. The molecule has 178 valence electrons. The van der Waals surface area contributed by atoms with Gasteiger partial charge in [0, 0.05) is 33.9 Å². The van der Waals surface area contributed by atoms with Crippen LogP contribution in [0, 0.1) is 0 Å². The number of thiophene rings is 1. The summed E-state index contributed by atoms with van der Waals surface area (Å²) < 4.78 is 25.6. The summed E-state index contributed by atoms with van der Waals surface area (Å²) in [6.07, 6.45) is 8.64. The van der Waals surface area contributed by atoms with Crippen molar-refractivity contribution >= 4 is 48.4 Å². The minimum Gasteiger partial charge on any atom is -0.322 e. The van der Waals surface area contributed by atoms with Crippen molar-refractivity contribution in [1.82, 2.24) is 4.90 Å². The van der Waals surface area contributed by atoms with E-state index >= 15 is 0 Å². The van der Waals surface area contributed by atoms with Crippen molar-refractivity contribution in [1.29, 1.82) is 0 Å². The molecule has 0 saturated carbocycles. The van der Waals surface area contributed by atoms with E-state index in [1.165, 1.54) is 60.2 Å². The minimum absolute atomic E-state index is 0.00400. The van der Waals surface area contributed by atoms with E-state index < -0.39 is 9.84 Å². The number of allylic oxidation sites excluding steroid dienone is 1. The van der Waals surface area contributed by atoms with Crippen LogP contribution >= 0.6 is 11.3 Å². The van der Waals surface area contributed by atoms with Crippen molar-refractivity contribution in [2.75, 3.05) is 24.2 Å². The van der Waals surface area contributed by atoms with E-state index in [9.17, 15) is 13.2 Å². The molecule has 2 aliphatic rings. The lowest BCUT2D eigenvalue weighted by molar-refractivity contribution is 0.102. The van der Waals surface area contributed by atoms with E-state index in [1.54, 1.807) is 30.4 Å². The molecule has 5 nitrogen and oxygen atoms in total. The quantitative estimate of drug-likeness (QED) is 0.474. The third-order valence-electron chi connectivity index (χ3n) is 7.08. The zero-order valence-electron chi connectivity index (χ0n) is 19.4. The van der Waals surface area contributed by atoms with E-state index in [0.29, 0.717) is 17.3 Å². The molecule has 5 rings (SSSR count). The monoisotopic (exact) mass is 494 g/mol. The van der Waals surface area contributed by atoms with Crippen LogP contribution < -0.4 is 5.32 Å². The van der Waals surface area contributed by atoms with Crippen LogP contribution in [0.15, 0.2) is 58.8 Å². The summed E-state index contributed by atoms with van der Waals surface area (Å²) in [4.78, 5) is 15.7. The molecule has 34 heavy (non-hydrogen) atoms. The largest absolute Gasteiger partial charge is 0.322 e. The Bertz CT molecular complexity index is 1360. The lowest BCUT2D eigenvalue weighted by atomic mass is 9.95. The first kappa shape index (κ1) is 23.3. The van der Waals surface area contributed by atoms with Crippen molar-refractivity contribution in [2.24, 2.45) is 0 Å². The molecule has 1 amide bonds. The molecule has 0 radical (unpaired) electrons. The zero-order chi connectivity index (χ0) is 23.7. The summed E-state index contributed by atoms with van der Waals surface area (Å²) in [5, 5.41) is 6.37. The lowest BCUT2D eigenvalue weighted by Crippen LogP contribution is -2.38. The van der Waals surface area contributed by atoms with Gasteiger partial charge in [-0.15, -0.1) is 11.3 Å². The van der Waals surface area contributed by atoms with Crippen LogP contribution in [0.2, 0.25) is 0 Å². The van der Waals surface area contributed by atoms with Crippen LogP contribution in [0.4, 0.5) is 5.69 Å². The van der Waals surface area contributed by atoms with Crippen molar-refractivity contribution < 1.29 is 13.2 Å². The normalized spacial score (nSPS) is 19.3. The number of nitrogens with zero attached hydrogens (tertiary/aromatic N) is 1. The molecule has 1 aromatic heterocycles. The highest BCUT2D eigenvalue weighted by Crippen LogP contribution is 2.37. The molecule has 1 atom stereocenters. The number of hydrogen-bond donors (Lipinski definition) is 1. The molecule has 1 fully saturated rings. The van der Waals surface area contributed by atoms with Crippen LogP contribution in [0.3, 0.4) is 0 Å². The van der Waals surface area contributed by atoms with Gasteiger partial charge in [0.05, 0.1) is 10.6 Å². The number of amides is 1. The van der Waals surface area contributed by atoms with E-state index in [1.807, 2.05) is 12.1 Å². The Morgan fingerprint density at radius 2 is 2.03 bits per heavy atom. The van der Waals surface area contributed by atoms with Crippen LogP contribution in [0.5, 0.6) is 0 Å². The van der Waals surface area contributed by atoms with Crippen molar-refractivity contribution in [3.05, 3.63) is 65.0 Å². The third kappa shape index (κ3) is 4.69. The molecule has 0 bridgehead atoms. The SMILES string of the molecule is CCS(=O)(=O)c1cccc(C(=O)Nc2ccc3scc(C4=CCN5CCCCC5CC4)c3c2)c1. The predicted molar refractivity (Wildman–Crippen MR) is 140 cm³/mol. The maximum absolute atomic E-state index is 12.9. The number of carbonyl (C=O) groups excluding carboxylic acids is 1. The highest BCUT2D eigenvalue weighted by Gasteiger charge is 2.25. The number of carbonyl (C=O) groups is 1. The topological polar surface area (TPSA) is 66.5 Å². The minimum atomic E-state index is -3.37. The van der Waals surface area contributed by atoms with E-state index in [0.717, 1.165) is 18.4 Å². The number of hydrogen-bond acceptors (Lipinski definition) is 5. The second-order valence-electron chi connectivity index (χ2n) is 9.16. The summed E-state index contributed by atoms with van der Waals surface area (Å²) in [5.74, 6) is -0.306. The van der Waals surface area contributed by atoms with Gasteiger partial charge >= 0.3 is 0 Å². The Labute approximate surface area is 205 Å². The Morgan fingerprint density at radius 1 is 1.15 bits per heavy atom. The molecule has 1 unspecified atom stereocenters. The molecule has 1 saturated heterocycles. The van der Waals surface area contributed by atoms with Gasteiger partial charge in [-0.05, 0) is 85.1 Å². The third-order valence-corrected chi connectivity index (χ3v) is 9.78. The van der Waals surface area contributed by atoms with Crippen LogP contribution in [0.1, 0.15) is 54.9 Å². The molecule has 0 aliphatic carbocycles. The second-order valence-corrected chi connectivity index (χ2v) is 12.3. The Hall–Kier alpha value is -2.48. The first-order valence-corrected chi connectivity index (χ1v) is 14.6. The van der Waals surface area contributed by atoms with Gasteiger partial charge in [-0.2, -0.15) is 0 Å². The smallest absolute Gasteiger partial charge is 0.255 e. The van der Waals surface area contributed by atoms with Crippen LogP contribution in [0.25, 0.3) is 15.7 Å². The fourth-order valence-corrected chi connectivity index (χ4v) is 6.97. The van der Waals surface area contributed by atoms with Crippen molar-refractivity contribution in [3.8, 4) is 0 Å². The molecule has 1 N–H and O–H groups in total. The summed E-state index contributed by atoms with van der Waals surface area (Å²) in [7, 11) is -3.37. The van der Waals surface area contributed by atoms with E-state index in [2.05, 4.69) is 27.7 Å². The van der Waals surface area contributed by atoms with Crippen LogP contribution in [-0.4, -0.2) is 44.1 Å². The maximum Gasteiger partial charge on any atom is 0.255 e. The molecule has 2 aromatic carbocycles. The molecule has 3 aromatic rings.